The van der Waals surface area contributed by atoms with Crippen LogP contribution in [0.4, 0.5) is 0 Å². The van der Waals surface area contributed by atoms with E-state index in [4.69, 9.17) is 10.5 Å². The molecule has 38 heavy (non-hydrogen) atoms. The topological polar surface area (TPSA) is 182 Å². The zero-order valence-corrected chi connectivity index (χ0v) is 20.5. The molecule has 1 aromatic carbocycles. The molecule has 4 rings (SSSR count). The average molecular weight is 519 g/mol. The minimum Gasteiger partial charge on any atom is -0.497 e. The Morgan fingerprint density at radius 2 is 1.68 bits per heavy atom. The summed E-state index contributed by atoms with van der Waals surface area (Å²) in [5.41, 5.74) is 6.47. The van der Waals surface area contributed by atoms with Gasteiger partial charge in [-0.1, -0.05) is 12.1 Å². The van der Waals surface area contributed by atoms with Crippen molar-refractivity contribution >= 4 is 23.6 Å². The Labute approximate surface area is 217 Å². The molecule has 0 radical (unpaired) electrons. The lowest BCUT2D eigenvalue weighted by atomic mass is 10.0. The Morgan fingerprint density at radius 3 is 2.26 bits per heavy atom. The van der Waals surface area contributed by atoms with E-state index >= 15 is 0 Å². The summed E-state index contributed by atoms with van der Waals surface area (Å²) in [6.45, 7) is 0.0270. The number of nitrogens with two attached hydrogens (primary N) is 1. The standard InChI is InChI=1S/C25H26N8O5/c1-38-17-4-2-15(3-5-17)10-18(22(26)34)32-24(36)21-11-16(31-23(35)19-12-27-6-8-29-19)14-33(21)25(37)20-13-28-7-9-30-20/h2-9,12-13,16,18,21H,10-11,14H2,1H3,(H2,26,34)(H,31,35)(H,32,36). The first-order chi connectivity index (χ1) is 18.4. The maximum absolute atomic E-state index is 13.4. The van der Waals surface area contributed by atoms with Gasteiger partial charge < -0.3 is 26.0 Å². The summed E-state index contributed by atoms with van der Waals surface area (Å²) in [4.78, 5) is 68.6. The molecule has 3 atom stereocenters. The molecule has 4 N–H and O–H groups in total. The monoisotopic (exact) mass is 518 g/mol. The van der Waals surface area contributed by atoms with E-state index in [0.29, 0.717) is 5.75 Å². The molecule has 3 unspecified atom stereocenters. The van der Waals surface area contributed by atoms with Gasteiger partial charge in [0.2, 0.25) is 11.8 Å². The van der Waals surface area contributed by atoms with Gasteiger partial charge in [0.25, 0.3) is 11.8 Å². The number of methoxy groups -OCH3 is 1. The van der Waals surface area contributed by atoms with Gasteiger partial charge in [-0.25, -0.2) is 9.97 Å². The molecule has 0 bridgehead atoms. The van der Waals surface area contributed by atoms with E-state index in [2.05, 4.69) is 30.6 Å². The van der Waals surface area contributed by atoms with Crippen molar-refractivity contribution in [2.45, 2.75) is 31.0 Å². The maximum Gasteiger partial charge on any atom is 0.274 e. The third-order valence-corrected chi connectivity index (χ3v) is 6.04. The molecule has 4 amide bonds. The minimum atomic E-state index is -1.03. The molecule has 1 aliphatic rings. The van der Waals surface area contributed by atoms with E-state index in [0.717, 1.165) is 5.56 Å². The lowest BCUT2D eigenvalue weighted by Gasteiger charge is -2.25. The number of carbonyl (C=O) groups is 4. The van der Waals surface area contributed by atoms with Gasteiger partial charge in [0, 0.05) is 43.8 Å². The fourth-order valence-electron chi connectivity index (χ4n) is 4.13. The highest BCUT2D eigenvalue weighted by atomic mass is 16.5. The van der Waals surface area contributed by atoms with Crippen LogP contribution in [-0.4, -0.2) is 80.2 Å². The van der Waals surface area contributed by atoms with Crippen LogP contribution in [0.1, 0.15) is 33.0 Å². The zero-order valence-electron chi connectivity index (χ0n) is 20.5. The van der Waals surface area contributed by atoms with Gasteiger partial charge in [0.05, 0.1) is 19.5 Å². The molecule has 3 heterocycles. The summed E-state index contributed by atoms with van der Waals surface area (Å²) in [6.07, 6.45) is 8.45. The predicted molar refractivity (Wildman–Crippen MR) is 133 cm³/mol. The van der Waals surface area contributed by atoms with Crippen molar-refractivity contribution in [1.82, 2.24) is 35.5 Å². The number of rotatable bonds is 9. The van der Waals surface area contributed by atoms with Crippen LogP contribution in [0, 0.1) is 0 Å². The van der Waals surface area contributed by atoms with Crippen molar-refractivity contribution in [3.63, 3.8) is 0 Å². The highest BCUT2D eigenvalue weighted by molar-refractivity contribution is 5.98. The van der Waals surface area contributed by atoms with Crippen LogP contribution in [-0.2, 0) is 16.0 Å². The Balaban J connectivity index is 1.51. The number of ether oxygens (including phenoxy) is 1. The number of carbonyl (C=O) groups excluding carboxylic acids is 4. The van der Waals surface area contributed by atoms with Gasteiger partial charge in [0.1, 0.15) is 29.2 Å². The molecule has 0 spiro atoms. The molecular weight excluding hydrogens is 492 g/mol. The SMILES string of the molecule is COc1ccc(CC(NC(=O)C2CC(NC(=O)c3cnccn3)CN2C(=O)c2cnccn2)C(N)=O)cc1. The van der Waals surface area contributed by atoms with Gasteiger partial charge in [-0.3, -0.25) is 29.1 Å². The summed E-state index contributed by atoms with van der Waals surface area (Å²) in [5.74, 6) is -1.71. The fraction of sp³-hybridized carbons (Fsp3) is 0.280. The largest absolute Gasteiger partial charge is 0.497 e. The van der Waals surface area contributed by atoms with E-state index in [-0.39, 0.29) is 30.8 Å². The van der Waals surface area contributed by atoms with Crippen LogP contribution in [0.25, 0.3) is 0 Å². The number of hydrogen-bond donors (Lipinski definition) is 3. The van der Waals surface area contributed by atoms with Crippen LogP contribution in [0.15, 0.2) is 61.4 Å². The molecule has 0 saturated carbocycles. The molecule has 3 aromatic rings. The average Bonchev–Trinajstić information content (AvgIpc) is 3.37. The number of benzene rings is 1. The third kappa shape index (κ3) is 6.24. The first-order valence-electron chi connectivity index (χ1n) is 11.7. The van der Waals surface area contributed by atoms with E-state index < -0.39 is 41.8 Å². The van der Waals surface area contributed by atoms with Gasteiger partial charge in [-0.2, -0.15) is 0 Å². The summed E-state index contributed by atoms with van der Waals surface area (Å²) in [7, 11) is 1.54. The molecule has 13 heteroatoms. The highest BCUT2D eigenvalue weighted by Crippen LogP contribution is 2.21. The number of primary amides is 1. The lowest BCUT2D eigenvalue weighted by molar-refractivity contribution is -0.129. The second-order valence-electron chi connectivity index (χ2n) is 8.58. The molecule has 2 aromatic heterocycles. The van der Waals surface area contributed by atoms with Crippen molar-refractivity contribution in [2.75, 3.05) is 13.7 Å². The van der Waals surface area contributed by atoms with Gasteiger partial charge in [-0.05, 0) is 24.1 Å². The number of amides is 4. The quantitative estimate of drug-likeness (QED) is 0.336. The molecule has 0 aliphatic carbocycles. The highest BCUT2D eigenvalue weighted by Gasteiger charge is 2.42. The number of likely N-dealkylation sites (tertiary alicyclic amines) is 1. The maximum atomic E-state index is 13.4. The Kier molecular flexibility index (Phi) is 8.16. The molecule has 196 valence electrons. The smallest absolute Gasteiger partial charge is 0.274 e. The van der Waals surface area contributed by atoms with Crippen molar-refractivity contribution in [1.29, 1.82) is 0 Å². The van der Waals surface area contributed by atoms with Gasteiger partial charge >= 0.3 is 0 Å². The molecule has 1 saturated heterocycles. The summed E-state index contributed by atoms with van der Waals surface area (Å²) in [6, 6.07) is 4.38. The number of hydrogen-bond acceptors (Lipinski definition) is 9. The first-order valence-corrected chi connectivity index (χ1v) is 11.7. The van der Waals surface area contributed by atoms with E-state index in [1.165, 1.54) is 42.1 Å². The number of nitrogens with one attached hydrogen (secondary N) is 2. The summed E-state index contributed by atoms with van der Waals surface area (Å²) < 4.78 is 5.14. The fourth-order valence-corrected chi connectivity index (χ4v) is 4.13. The second kappa shape index (κ2) is 11.9. The molecule has 13 nitrogen and oxygen atoms in total. The van der Waals surface area contributed by atoms with Crippen molar-refractivity contribution < 1.29 is 23.9 Å². The van der Waals surface area contributed by atoms with Crippen LogP contribution < -0.4 is 21.1 Å². The summed E-state index contributed by atoms with van der Waals surface area (Å²) >= 11 is 0. The van der Waals surface area contributed by atoms with Gasteiger partial charge in [0.15, 0.2) is 0 Å². The zero-order chi connectivity index (χ0) is 27.1. The first kappa shape index (κ1) is 26.1. The van der Waals surface area contributed by atoms with Crippen LogP contribution >= 0.6 is 0 Å². The molecular formula is C25H26N8O5. The van der Waals surface area contributed by atoms with E-state index in [1.807, 2.05) is 0 Å². The van der Waals surface area contributed by atoms with Crippen molar-refractivity contribution in [3.05, 3.63) is 78.4 Å². The van der Waals surface area contributed by atoms with Crippen LogP contribution in [0.5, 0.6) is 5.75 Å². The number of nitrogens with zero attached hydrogens (tertiary/aromatic N) is 5. The van der Waals surface area contributed by atoms with Crippen LogP contribution in [0.2, 0.25) is 0 Å². The molecule has 1 fully saturated rings. The summed E-state index contributed by atoms with van der Waals surface area (Å²) in [5, 5.41) is 5.46. The second-order valence-corrected chi connectivity index (χ2v) is 8.58. The van der Waals surface area contributed by atoms with E-state index in [9.17, 15) is 19.2 Å². The Morgan fingerprint density at radius 1 is 1.03 bits per heavy atom. The van der Waals surface area contributed by atoms with Crippen molar-refractivity contribution in [3.8, 4) is 5.75 Å². The lowest BCUT2D eigenvalue weighted by Crippen LogP contribution is -2.53. The third-order valence-electron chi connectivity index (χ3n) is 6.04. The predicted octanol–water partition coefficient (Wildman–Crippen LogP) is -0.499. The number of aromatic nitrogens is 4. The van der Waals surface area contributed by atoms with E-state index in [1.54, 1.807) is 31.4 Å². The van der Waals surface area contributed by atoms with Crippen LogP contribution in [0.3, 0.4) is 0 Å². The normalized spacial score (nSPS) is 17.3. The minimum absolute atomic E-state index is 0.0270. The Hall–Kier alpha value is -4.94. The Bertz CT molecular complexity index is 1290. The van der Waals surface area contributed by atoms with Gasteiger partial charge in [-0.15, -0.1) is 0 Å². The molecule has 1 aliphatic heterocycles. The van der Waals surface area contributed by atoms with Crippen molar-refractivity contribution in [2.24, 2.45) is 5.73 Å².